The van der Waals surface area contributed by atoms with E-state index in [0.29, 0.717) is 17.1 Å². The van der Waals surface area contributed by atoms with E-state index in [2.05, 4.69) is 23.2 Å². The quantitative estimate of drug-likeness (QED) is 0.318. The minimum Gasteiger partial charge on any atom is -0.290 e. The first-order chi connectivity index (χ1) is 15.3. The van der Waals surface area contributed by atoms with Crippen LogP contribution in [0.2, 0.25) is 0 Å². The first kappa shape index (κ1) is 18.8. The summed E-state index contributed by atoms with van der Waals surface area (Å²) in [6.07, 6.45) is 1.75. The number of carbonyl (C=O) groups is 1. The molecule has 3 nitrogen and oxygen atoms in total. The van der Waals surface area contributed by atoms with E-state index in [1.54, 1.807) is 6.20 Å². The van der Waals surface area contributed by atoms with E-state index >= 15 is 0 Å². The van der Waals surface area contributed by atoms with Gasteiger partial charge in [-0.05, 0) is 29.3 Å². The first-order valence-electron chi connectivity index (χ1n) is 10.2. The monoisotopic (exact) mass is 400 g/mol. The third-order valence-corrected chi connectivity index (χ3v) is 5.28. The molecule has 0 N–H and O–H groups in total. The largest absolute Gasteiger partial charge is 0.290 e. The Bertz CT molecular complexity index is 1310. The molecule has 5 aromatic rings. The zero-order valence-corrected chi connectivity index (χ0v) is 16.8. The van der Waals surface area contributed by atoms with Crippen molar-refractivity contribution in [3.63, 3.8) is 0 Å². The van der Waals surface area contributed by atoms with Gasteiger partial charge in [0.2, 0.25) is 5.78 Å². The van der Waals surface area contributed by atoms with E-state index in [0.717, 1.165) is 22.4 Å². The van der Waals surface area contributed by atoms with Crippen LogP contribution in [0, 0.1) is 0 Å². The molecule has 0 aliphatic heterocycles. The van der Waals surface area contributed by atoms with Crippen molar-refractivity contribution < 1.29 is 4.79 Å². The Balaban J connectivity index is 1.86. The summed E-state index contributed by atoms with van der Waals surface area (Å²) in [4.78, 5) is 18.4. The van der Waals surface area contributed by atoms with Crippen LogP contribution in [-0.2, 0) is 0 Å². The molecule has 3 heteroatoms. The maximum Gasteiger partial charge on any atom is 0.210 e. The van der Waals surface area contributed by atoms with Crippen molar-refractivity contribution >= 4 is 5.78 Å². The normalized spacial score (nSPS) is 10.7. The van der Waals surface area contributed by atoms with Crippen molar-refractivity contribution in [1.29, 1.82) is 0 Å². The molecular weight excluding hydrogens is 380 g/mol. The lowest BCUT2D eigenvalue weighted by Crippen LogP contribution is -2.12. The van der Waals surface area contributed by atoms with Gasteiger partial charge in [-0.25, -0.2) is 4.98 Å². The Morgan fingerprint density at radius 2 is 1.23 bits per heavy atom. The van der Waals surface area contributed by atoms with Crippen molar-refractivity contribution in [2.75, 3.05) is 0 Å². The van der Waals surface area contributed by atoms with Crippen molar-refractivity contribution in [2.24, 2.45) is 0 Å². The van der Waals surface area contributed by atoms with Gasteiger partial charge in [-0.3, -0.25) is 9.36 Å². The molecule has 5 rings (SSSR count). The molecule has 2 heterocycles. The highest BCUT2D eigenvalue weighted by atomic mass is 16.1. The fourth-order valence-corrected chi connectivity index (χ4v) is 3.84. The summed E-state index contributed by atoms with van der Waals surface area (Å²) >= 11 is 0. The van der Waals surface area contributed by atoms with E-state index in [4.69, 9.17) is 0 Å². The molecule has 0 amide bonds. The summed E-state index contributed by atoms with van der Waals surface area (Å²) in [5, 5.41) is 0. The summed E-state index contributed by atoms with van der Waals surface area (Å²) < 4.78 is 1.98. The smallest absolute Gasteiger partial charge is 0.210 e. The molecule has 0 aliphatic carbocycles. The number of nitrogens with zero attached hydrogens (tertiary/aromatic N) is 2. The highest BCUT2D eigenvalue weighted by Gasteiger charge is 2.25. The molecule has 0 saturated carbocycles. The summed E-state index contributed by atoms with van der Waals surface area (Å²) in [5.41, 5.74) is 5.09. The Morgan fingerprint density at radius 1 is 0.645 bits per heavy atom. The number of hydrogen-bond donors (Lipinski definition) is 0. The Hall–Kier alpha value is -4.24. The van der Waals surface area contributed by atoms with Gasteiger partial charge in [0, 0.05) is 17.3 Å². The molecule has 0 fully saturated rings. The summed E-state index contributed by atoms with van der Waals surface area (Å²) in [7, 11) is 0. The Morgan fingerprint density at radius 3 is 1.84 bits per heavy atom. The third kappa shape index (κ3) is 3.58. The molecule has 3 aromatic carbocycles. The van der Waals surface area contributed by atoms with Gasteiger partial charge in [-0.15, -0.1) is 0 Å². The molecular formula is C28H20N2O. The van der Waals surface area contributed by atoms with Crippen LogP contribution in [0.4, 0.5) is 0 Å². The second kappa shape index (κ2) is 8.25. The highest BCUT2D eigenvalue weighted by Crippen LogP contribution is 2.36. The van der Waals surface area contributed by atoms with Crippen LogP contribution in [0.25, 0.3) is 28.2 Å². The predicted molar refractivity (Wildman–Crippen MR) is 124 cm³/mol. The van der Waals surface area contributed by atoms with Crippen molar-refractivity contribution in [2.45, 2.75) is 0 Å². The van der Waals surface area contributed by atoms with Gasteiger partial charge in [-0.1, -0.05) is 97.1 Å². The second-order valence-electron chi connectivity index (χ2n) is 7.24. The number of carbonyl (C=O) groups excluding carboxylic acids is 1. The molecule has 0 bridgehead atoms. The minimum absolute atomic E-state index is 0.0349. The van der Waals surface area contributed by atoms with Crippen LogP contribution in [0.5, 0.6) is 0 Å². The van der Waals surface area contributed by atoms with E-state index in [9.17, 15) is 4.79 Å². The van der Waals surface area contributed by atoms with Crippen molar-refractivity contribution in [1.82, 2.24) is 9.55 Å². The van der Waals surface area contributed by atoms with Crippen LogP contribution < -0.4 is 0 Å². The van der Waals surface area contributed by atoms with Gasteiger partial charge >= 0.3 is 0 Å². The molecule has 31 heavy (non-hydrogen) atoms. The molecule has 0 saturated heterocycles. The Labute approximate surface area is 181 Å². The minimum atomic E-state index is -0.0349. The van der Waals surface area contributed by atoms with E-state index in [1.807, 2.05) is 102 Å². The lowest BCUT2D eigenvalue weighted by Gasteiger charge is -2.13. The topological polar surface area (TPSA) is 34.9 Å². The van der Waals surface area contributed by atoms with Crippen molar-refractivity contribution in [3.05, 3.63) is 133 Å². The fraction of sp³-hybridized carbons (Fsp3) is 0. The number of rotatable bonds is 5. The van der Waals surface area contributed by atoms with Crippen LogP contribution in [0.15, 0.2) is 121 Å². The van der Waals surface area contributed by atoms with Crippen molar-refractivity contribution in [3.8, 4) is 28.2 Å². The van der Waals surface area contributed by atoms with Crippen LogP contribution >= 0.6 is 0 Å². The zero-order valence-electron chi connectivity index (χ0n) is 16.8. The van der Waals surface area contributed by atoms with Gasteiger partial charge in [0.15, 0.2) is 0 Å². The number of benzene rings is 3. The number of pyridine rings is 1. The molecule has 0 spiro atoms. The summed E-state index contributed by atoms with van der Waals surface area (Å²) in [6, 6.07) is 37.4. The predicted octanol–water partition coefficient (Wildman–Crippen LogP) is 6.44. The van der Waals surface area contributed by atoms with E-state index in [1.165, 1.54) is 0 Å². The standard InChI is InChI=1S/C28H20N2O/c31-28(23-16-8-3-9-17-23)27-24(21-12-4-1-5-13-21)20-25(22-14-6-2-7-15-22)30(27)26-18-10-11-19-29-26/h1-20H. The van der Waals surface area contributed by atoms with Crippen LogP contribution in [0.1, 0.15) is 16.1 Å². The van der Waals surface area contributed by atoms with Gasteiger partial charge in [-0.2, -0.15) is 0 Å². The molecule has 0 atom stereocenters. The fourth-order valence-electron chi connectivity index (χ4n) is 3.84. The average Bonchev–Trinajstić information content (AvgIpc) is 3.26. The molecule has 0 unspecified atom stereocenters. The lowest BCUT2D eigenvalue weighted by molar-refractivity contribution is 0.103. The van der Waals surface area contributed by atoms with Gasteiger partial charge in [0.05, 0.1) is 5.69 Å². The van der Waals surface area contributed by atoms with Gasteiger partial charge in [0.1, 0.15) is 11.5 Å². The Kier molecular flexibility index (Phi) is 4.99. The number of ketones is 1. The lowest BCUT2D eigenvalue weighted by atomic mass is 10.00. The van der Waals surface area contributed by atoms with E-state index < -0.39 is 0 Å². The maximum atomic E-state index is 13.8. The third-order valence-electron chi connectivity index (χ3n) is 5.28. The molecule has 0 aliphatic rings. The number of aromatic nitrogens is 2. The summed E-state index contributed by atoms with van der Waals surface area (Å²) in [5.74, 6) is 0.676. The molecule has 2 aromatic heterocycles. The molecule has 148 valence electrons. The number of hydrogen-bond acceptors (Lipinski definition) is 2. The second-order valence-corrected chi connectivity index (χ2v) is 7.24. The zero-order chi connectivity index (χ0) is 21.0. The highest BCUT2D eigenvalue weighted by molar-refractivity contribution is 6.13. The SMILES string of the molecule is O=C(c1ccccc1)c1c(-c2ccccc2)cc(-c2ccccc2)n1-c1ccccn1. The van der Waals surface area contributed by atoms with E-state index in [-0.39, 0.29) is 5.78 Å². The van der Waals surface area contributed by atoms with Crippen LogP contribution in [-0.4, -0.2) is 15.3 Å². The van der Waals surface area contributed by atoms with Gasteiger partial charge in [0.25, 0.3) is 0 Å². The summed E-state index contributed by atoms with van der Waals surface area (Å²) in [6.45, 7) is 0. The first-order valence-corrected chi connectivity index (χ1v) is 10.2. The van der Waals surface area contributed by atoms with Crippen LogP contribution in [0.3, 0.4) is 0 Å². The average molecular weight is 400 g/mol. The maximum absolute atomic E-state index is 13.8. The molecule has 0 radical (unpaired) electrons. The van der Waals surface area contributed by atoms with Gasteiger partial charge < -0.3 is 0 Å².